The van der Waals surface area contributed by atoms with Gasteiger partial charge in [-0.05, 0) is 50.3 Å². The summed E-state index contributed by atoms with van der Waals surface area (Å²) in [6.07, 6.45) is 1.49. The van der Waals surface area contributed by atoms with Gasteiger partial charge in [0.15, 0.2) is 0 Å². The van der Waals surface area contributed by atoms with Gasteiger partial charge in [-0.2, -0.15) is 0 Å². The molecule has 1 aliphatic heterocycles. The van der Waals surface area contributed by atoms with Crippen LogP contribution in [0, 0.1) is 24.5 Å². The molecule has 2 atom stereocenters. The Labute approximate surface area is 123 Å². The number of ether oxygens (including phenoxy) is 1. The third-order valence-electron chi connectivity index (χ3n) is 3.57. The predicted molar refractivity (Wildman–Crippen MR) is 74.4 cm³/mol. The largest absolute Gasteiger partial charge is 0.381 e. The number of aryl methyl sites for hydroxylation is 1. The fourth-order valence-corrected chi connectivity index (χ4v) is 3.81. The Bertz CT molecular complexity index is 613. The number of hydrogen-bond donors (Lipinski definition) is 1. The molecule has 1 saturated heterocycles. The van der Waals surface area contributed by atoms with Crippen molar-refractivity contribution in [2.45, 2.75) is 37.6 Å². The van der Waals surface area contributed by atoms with Gasteiger partial charge in [0.2, 0.25) is 10.0 Å². The van der Waals surface area contributed by atoms with Crippen molar-refractivity contribution in [1.82, 2.24) is 4.72 Å². The lowest BCUT2D eigenvalue weighted by molar-refractivity contribution is 0.182. The highest BCUT2D eigenvalue weighted by atomic mass is 32.2. The molecule has 0 unspecified atom stereocenters. The minimum absolute atomic E-state index is 0.0719. The average Bonchev–Trinajstić information content (AvgIpc) is 2.85. The Kier molecular flexibility index (Phi) is 4.95. The fraction of sp³-hybridized carbons (Fsp3) is 0.571. The molecule has 4 nitrogen and oxygen atoms in total. The lowest BCUT2D eigenvalue weighted by atomic mass is 10.0. The Morgan fingerprint density at radius 1 is 1.38 bits per heavy atom. The summed E-state index contributed by atoms with van der Waals surface area (Å²) in [5.41, 5.74) is 0.0719. The molecule has 21 heavy (non-hydrogen) atoms. The molecule has 1 fully saturated rings. The van der Waals surface area contributed by atoms with E-state index in [-0.39, 0.29) is 11.6 Å². The molecule has 0 spiro atoms. The van der Waals surface area contributed by atoms with Crippen molar-refractivity contribution in [3.05, 3.63) is 29.3 Å². The van der Waals surface area contributed by atoms with Crippen molar-refractivity contribution in [2.75, 3.05) is 13.2 Å². The Morgan fingerprint density at radius 2 is 2.10 bits per heavy atom. The molecular formula is C14H19F2NO3S. The summed E-state index contributed by atoms with van der Waals surface area (Å²) in [6, 6.07) is 1.24. The van der Waals surface area contributed by atoms with Crippen molar-refractivity contribution in [3.63, 3.8) is 0 Å². The highest BCUT2D eigenvalue weighted by Gasteiger charge is 2.25. The lowest BCUT2D eigenvalue weighted by Crippen LogP contribution is -2.34. The van der Waals surface area contributed by atoms with Crippen LogP contribution in [-0.2, 0) is 14.8 Å². The maximum atomic E-state index is 13.8. The molecule has 1 heterocycles. The first-order chi connectivity index (χ1) is 9.79. The molecule has 0 aliphatic carbocycles. The number of halogens is 2. The molecule has 0 radical (unpaired) electrons. The van der Waals surface area contributed by atoms with Crippen molar-refractivity contribution in [2.24, 2.45) is 5.92 Å². The summed E-state index contributed by atoms with van der Waals surface area (Å²) >= 11 is 0. The molecule has 0 aromatic heterocycles. The van der Waals surface area contributed by atoms with E-state index >= 15 is 0 Å². The van der Waals surface area contributed by atoms with E-state index in [0.717, 1.165) is 18.6 Å². The van der Waals surface area contributed by atoms with Crippen molar-refractivity contribution < 1.29 is 21.9 Å². The highest BCUT2D eigenvalue weighted by molar-refractivity contribution is 7.89. The molecule has 0 saturated carbocycles. The molecule has 1 aromatic rings. The van der Waals surface area contributed by atoms with Gasteiger partial charge in [-0.15, -0.1) is 0 Å². The van der Waals surface area contributed by atoms with Crippen LogP contribution in [0.15, 0.2) is 17.0 Å². The van der Waals surface area contributed by atoms with Crippen molar-refractivity contribution >= 4 is 10.0 Å². The molecule has 0 bridgehead atoms. The SMILES string of the molecule is Cc1cc(F)c(S(=O)(=O)N[C@@H](C)C[C@@H]2CCOC2)cc1F. The monoisotopic (exact) mass is 319 g/mol. The smallest absolute Gasteiger partial charge is 0.243 e. The van der Waals surface area contributed by atoms with Crippen molar-refractivity contribution in [1.29, 1.82) is 0 Å². The predicted octanol–water partition coefficient (Wildman–Crippen LogP) is 2.37. The number of benzene rings is 1. The third kappa shape index (κ3) is 3.99. The summed E-state index contributed by atoms with van der Waals surface area (Å²) in [4.78, 5) is -0.653. The second-order valence-corrected chi connectivity index (χ2v) is 7.20. The van der Waals surface area contributed by atoms with Gasteiger partial charge in [-0.25, -0.2) is 21.9 Å². The lowest BCUT2D eigenvalue weighted by Gasteiger charge is -2.17. The van der Waals surface area contributed by atoms with Crippen LogP contribution in [0.3, 0.4) is 0 Å². The van der Waals surface area contributed by atoms with Gasteiger partial charge in [-0.3, -0.25) is 0 Å². The molecule has 0 amide bonds. The number of hydrogen-bond acceptors (Lipinski definition) is 3. The second kappa shape index (κ2) is 6.37. The molecular weight excluding hydrogens is 300 g/mol. The van der Waals surface area contributed by atoms with Gasteiger partial charge in [0.25, 0.3) is 0 Å². The molecule has 7 heteroatoms. The van der Waals surface area contributed by atoms with E-state index in [2.05, 4.69) is 4.72 Å². The van der Waals surface area contributed by atoms with Crippen LogP contribution in [0.2, 0.25) is 0 Å². The number of nitrogens with one attached hydrogen (secondary N) is 1. The van der Waals surface area contributed by atoms with Crippen LogP contribution in [-0.4, -0.2) is 27.7 Å². The molecule has 1 N–H and O–H groups in total. The van der Waals surface area contributed by atoms with E-state index in [0.29, 0.717) is 25.6 Å². The standard InChI is InChI=1S/C14H19F2NO3S/c1-9-5-13(16)14(7-12(9)15)21(18,19)17-10(2)6-11-3-4-20-8-11/h5,7,10-11,17H,3-4,6,8H2,1-2H3/t10-,11-/m0/s1. The molecule has 118 valence electrons. The zero-order valence-corrected chi connectivity index (χ0v) is 12.8. The Hall–Kier alpha value is -1.05. The maximum Gasteiger partial charge on any atom is 0.243 e. The van der Waals surface area contributed by atoms with E-state index in [1.807, 2.05) is 0 Å². The van der Waals surface area contributed by atoms with Gasteiger partial charge in [0, 0.05) is 19.3 Å². The Balaban J connectivity index is 2.12. The van der Waals surface area contributed by atoms with E-state index in [9.17, 15) is 17.2 Å². The zero-order chi connectivity index (χ0) is 15.6. The van der Waals surface area contributed by atoms with Gasteiger partial charge in [-0.1, -0.05) is 0 Å². The van der Waals surface area contributed by atoms with E-state index in [4.69, 9.17) is 4.74 Å². The topological polar surface area (TPSA) is 55.4 Å². The van der Waals surface area contributed by atoms with Gasteiger partial charge in [0.05, 0.1) is 0 Å². The minimum atomic E-state index is -4.08. The van der Waals surface area contributed by atoms with Gasteiger partial charge >= 0.3 is 0 Å². The minimum Gasteiger partial charge on any atom is -0.381 e. The molecule has 2 rings (SSSR count). The van der Waals surface area contributed by atoms with Crippen LogP contribution >= 0.6 is 0 Å². The quantitative estimate of drug-likeness (QED) is 0.906. The van der Waals surface area contributed by atoms with Crippen LogP contribution in [0.1, 0.15) is 25.3 Å². The summed E-state index contributed by atoms with van der Waals surface area (Å²) in [5.74, 6) is -1.39. The second-order valence-electron chi connectivity index (χ2n) is 5.52. The third-order valence-corrected chi connectivity index (χ3v) is 5.17. The number of sulfonamides is 1. The fourth-order valence-electron chi connectivity index (χ4n) is 2.48. The first-order valence-corrected chi connectivity index (χ1v) is 8.33. The van der Waals surface area contributed by atoms with Gasteiger partial charge in [0.1, 0.15) is 16.5 Å². The first kappa shape index (κ1) is 16.3. The summed E-state index contributed by atoms with van der Waals surface area (Å²) in [5, 5.41) is 0. The Morgan fingerprint density at radius 3 is 2.71 bits per heavy atom. The average molecular weight is 319 g/mol. The zero-order valence-electron chi connectivity index (χ0n) is 12.0. The molecule has 1 aromatic carbocycles. The summed E-state index contributed by atoms with van der Waals surface area (Å²) < 4.78 is 59.2. The normalized spacial score (nSPS) is 20.7. The first-order valence-electron chi connectivity index (χ1n) is 6.85. The van der Waals surface area contributed by atoms with E-state index in [1.54, 1.807) is 6.92 Å². The van der Waals surface area contributed by atoms with Crippen LogP contribution in [0.25, 0.3) is 0 Å². The van der Waals surface area contributed by atoms with Gasteiger partial charge < -0.3 is 4.74 Å². The van der Waals surface area contributed by atoms with Crippen LogP contribution in [0.5, 0.6) is 0 Å². The maximum absolute atomic E-state index is 13.8. The van der Waals surface area contributed by atoms with Crippen LogP contribution in [0.4, 0.5) is 8.78 Å². The van der Waals surface area contributed by atoms with E-state index in [1.165, 1.54) is 6.92 Å². The highest BCUT2D eigenvalue weighted by Crippen LogP contribution is 2.21. The summed E-state index contributed by atoms with van der Waals surface area (Å²) in [6.45, 7) is 4.38. The number of rotatable bonds is 5. The molecule has 1 aliphatic rings. The summed E-state index contributed by atoms with van der Waals surface area (Å²) in [7, 11) is -4.08. The van der Waals surface area contributed by atoms with Crippen molar-refractivity contribution in [3.8, 4) is 0 Å². The van der Waals surface area contributed by atoms with E-state index < -0.39 is 26.6 Å². The van der Waals surface area contributed by atoms with Crippen LogP contribution < -0.4 is 4.72 Å².